The summed E-state index contributed by atoms with van der Waals surface area (Å²) in [5, 5.41) is 0. The molecule has 0 saturated carbocycles. The molecule has 0 saturated heterocycles. The Morgan fingerprint density at radius 1 is 1.17 bits per heavy atom. The van der Waals surface area contributed by atoms with E-state index in [1.807, 2.05) is 0 Å². The molecule has 0 atom stereocenters. The summed E-state index contributed by atoms with van der Waals surface area (Å²) in [5.74, 6) is 0.907. The fourth-order valence-corrected chi connectivity index (χ4v) is 2.01. The molecule has 0 aliphatic carbocycles. The summed E-state index contributed by atoms with van der Waals surface area (Å²) >= 11 is 0. The van der Waals surface area contributed by atoms with Gasteiger partial charge in [-0.3, -0.25) is 0 Å². The molecular weight excluding hydrogens is 148 g/mol. The number of hydrogen-bond acceptors (Lipinski definition) is 1. The molecule has 0 radical (unpaired) electrons. The molecule has 0 heterocycles. The van der Waals surface area contributed by atoms with Gasteiger partial charge in [-0.1, -0.05) is 41.0 Å². The van der Waals surface area contributed by atoms with E-state index in [0.29, 0.717) is 11.8 Å². The van der Waals surface area contributed by atoms with Gasteiger partial charge in [0.05, 0.1) is 0 Å². The van der Waals surface area contributed by atoms with Crippen LogP contribution in [0.3, 0.4) is 0 Å². The summed E-state index contributed by atoms with van der Waals surface area (Å²) in [4.78, 5) is 11.1. The van der Waals surface area contributed by atoms with Crippen molar-refractivity contribution < 1.29 is 4.79 Å². The van der Waals surface area contributed by atoms with Crippen molar-refractivity contribution in [1.29, 1.82) is 0 Å². The first-order valence-corrected chi connectivity index (χ1v) is 4.97. The van der Waals surface area contributed by atoms with Crippen LogP contribution in [-0.2, 0) is 4.79 Å². The zero-order valence-corrected chi connectivity index (χ0v) is 9.05. The summed E-state index contributed by atoms with van der Waals surface area (Å²) in [6, 6.07) is 0. The van der Waals surface area contributed by atoms with Crippen LogP contribution in [0, 0.1) is 17.3 Å². The molecule has 0 amide bonds. The lowest BCUT2D eigenvalue weighted by atomic mass is 9.67. The van der Waals surface area contributed by atoms with E-state index in [-0.39, 0.29) is 5.41 Å². The van der Waals surface area contributed by atoms with Crippen molar-refractivity contribution in [2.45, 2.75) is 47.5 Å². The van der Waals surface area contributed by atoms with Gasteiger partial charge >= 0.3 is 0 Å². The molecule has 0 aromatic rings. The second-order valence-corrected chi connectivity index (χ2v) is 4.29. The first-order chi connectivity index (χ1) is 5.51. The van der Waals surface area contributed by atoms with Crippen molar-refractivity contribution in [1.82, 2.24) is 0 Å². The van der Waals surface area contributed by atoms with Crippen LogP contribution < -0.4 is 0 Å². The van der Waals surface area contributed by atoms with E-state index < -0.39 is 0 Å². The molecule has 12 heavy (non-hydrogen) atoms. The van der Waals surface area contributed by atoms with Crippen LogP contribution in [0.15, 0.2) is 0 Å². The number of aldehydes is 1. The Labute approximate surface area is 76.6 Å². The maximum absolute atomic E-state index is 11.1. The summed E-state index contributed by atoms with van der Waals surface area (Å²) in [7, 11) is 0. The fraction of sp³-hybridized carbons (Fsp3) is 0.909. The largest absolute Gasteiger partial charge is 0.303 e. The summed E-state index contributed by atoms with van der Waals surface area (Å²) in [6.45, 7) is 10.7. The van der Waals surface area contributed by atoms with Crippen LogP contribution in [0.1, 0.15) is 47.5 Å². The lowest BCUT2D eigenvalue weighted by Gasteiger charge is -2.36. The molecule has 0 fully saturated rings. The molecule has 1 heteroatoms. The van der Waals surface area contributed by atoms with Crippen molar-refractivity contribution in [2.75, 3.05) is 0 Å². The van der Waals surface area contributed by atoms with Gasteiger partial charge in [0, 0.05) is 5.41 Å². The third-order valence-corrected chi connectivity index (χ3v) is 3.05. The van der Waals surface area contributed by atoms with Crippen LogP contribution >= 0.6 is 0 Å². The second-order valence-electron chi connectivity index (χ2n) is 4.29. The second kappa shape index (κ2) is 4.64. The Morgan fingerprint density at radius 3 is 1.67 bits per heavy atom. The maximum Gasteiger partial charge on any atom is 0.126 e. The number of rotatable bonds is 5. The third kappa shape index (κ3) is 2.09. The fourth-order valence-electron chi connectivity index (χ4n) is 2.01. The first kappa shape index (κ1) is 11.7. The molecule has 0 aliphatic rings. The molecule has 0 rings (SSSR count). The molecule has 0 unspecified atom stereocenters. The first-order valence-electron chi connectivity index (χ1n) is 4.97. The smallest absolute Gasteiger partial charge is 0.126 e. The number of carbonyl (C=O) groups is 1. The molecule has 72 valence electrons. The molecular formula is C11H22O. The van der Waals surface area contributed by atoms with Crippen LogP contribution in [0.25, 0.3) is 0 Å². The normalized spacial score (nSPS) is 12.6. The van der Waals surface area contributed by atoms with Crippen molar-refractivity contribution in [3.63, 3.8) is 0 Å². The SMILES string of the molecule is CCCC(C=O)(C(C)C)C(C)C. The molecule has 0 bridgehead atoms. The summed E-state index contributed by atoms with van der Waals surface area (Å²) in [6.07, 6.45) is 3.28. The lowest BCUT2D eigenvalue weighted by molar-refractivity contribution is -0.121. The van der Waals surface area contributed by atoms with E-state index in [4.69, 9.17) is 0 Å². The Bertz CT molecular complexity index is 128. The zero-order valence-electron chi connectivity index (χ0n) is 9.05. The highest BCUT2D eigenvalue weighted by atomic mass is 16.1. The minimum Gasteiger partial charge on any atom is -0.303 e. The Balaban J connectivity index is 4.63. The average Bonchev–Trinajstić information content (AvgIpc) is 1.98. The molecule has 1 nitrogen and oxygen atoms in total. The van der Waals surface area contributed by atoms with Gasteiger partial charge in [-0.2, -0.15) is 0 Å². The highest BCUT2D eigenvalue weighted by molar-refractivity contribution is 5.60. The maximum atomic E-state index is 11.1. The van der Waals surface area contributed by atoms with Gasteiger partial charge in [-0.15, -0.1) is 0 Å². The monoisotopic (exact) mass is 170 g/mol. The lowest BCUT2D eigenvalue weighted by Crippen LogP contribution is -2.34. The Hall–Kier alpha value is -0.330. The Kier molecular flexibility index (Phi) is 4.51. The van der Waals surface area contributed by atoms with Gasteiger partial charge in [-0.05, 0) is 18.3 Å². The number of hydrogen-bond donors (Lipinski definition) is 0. The highest BCUT2D eigenvalue weighted by Crippen LogP contribution is 2.38. The van der Waals surface area contributed by atoms with E-state index in [9.17, 15) is 4.79 Å². The average molecular weight is 170 g/mol. The Morgan fingerprint density at radius 2 is 1.58 bits per heavy atom. The summed E-state index contributed by atoms with van der Waals surface area (Å²) in [5.41, 5.74) is -0.0885. The van der Waals surface area contributed by atoms with Gasteiger partial charge < -0.3 is 4.79 Å². The molecule has 0 spiro atoms. The van der Waals surface area contributed by atoms with Gasteiger partial charge in [0.25, 0.3) is 0 Å². The van der Waals surface area contributed by atoms with Crippen LogP contribution in [0.4, 0.5) is 0 Å². The van der Waals surface area contributed by atoms with Crippen molar-refractivity contribution >= 4 is 6.29 Å². The predicted octanol–water partition coefficient (Wildman–Crippen LogP) is 3.28. The zero-order chi connectivity index (χ0) is 9.78. The van der Waals surface area contributed by atoms with Gasteiger partial charge in [-0.25, -0.2) is 0 Å². The van der Waals surface area contributed by atoms with Gasteiger partial charge in [0.2, 0.25) is 0 Å². The van der Waals surface area contributed by atoms with Crippen LogP contribution in [-0.4, -0.2) is 6.29 Å². The van der Waals surface area contributed by atoms with Crippen LogP contribution in [0.2, 0.25) is 0 Å². The number of carbonyl (C=O) groups excluding carboxylic acids is 1. The molecule has 0 aromatic heterocycles. The van der Waals surface area contributed by atoms with Crippen molar-refractivity contribution in [3.05, 3.63) is 0 Å². The van der Waals surface area contributed by atoms with E-state index in [1.165, 1.54) is 6.29 Å². The minimum absolute atomic E-state index is 0.0885. The quantitative estimate of drug-likeness (QED) is 0.579. The van der Waals surface area contributed by atoms with E-state index in [1.54, 1.807) is 0 Å². The minimum atomic E-state index is -0.0885. The third-order valence-electron chi connectivity index (χ3n) is 3.05. The van der Waals surface area contributed by atoms with Gasteiger partial charge in [0.1, 0.15) is 6.29 Å². The molecule has 0 aliphatic heterocycles. The van der Waals surface area contributed by atoms with Crippen molar-refractivity contribution in [2.24, 2.45) is 17.3 Å². The molecule has 0 aromatic carbocycles. The van der Waals surface area contributed by atoms with E-state index in [0.717, 1.165) is 12.8 Å². The van der Waals surface area contributed by atoms with Crippen molar-refractivity contribution in [3.8, 4) is 0 Å². The standard InChI is InChI=1S/C11H22O/c1-6-7-11(8-12,9(2)3)10(4)5/h8-10H,6-7H2,1-5H3. The molecule has 0 N–H and O–H groups in total. The van der Waals surface area contributed by atoms with Gasteiger partial charge in [0.15, 0.2) is 0 Å². The predicted molar refractivity (Wildman–Crippen MR) is 53.1 cm³/mol. The van der Waals surface area contributed by atoms with E-state index >= 15 is 0 Å². The topological polar surface area (TPSA) is 17.1 Å². The highest BCUT2D eigenvalue weighted by Gasteiger charge is 2.35. The summed E-state index contributed by atoms with van der Waals surface area (Å²) < 4.78 is 0. The van der Waals surface area contributed by atoms with Crippen LogP contribution in [0.5, 0.6) is 0 Å². The van der Waals surface area contributed by atoms with E-state index in [2.05, 4.69) is 34.6 Å².